The summed E-state index contributed by atoms with van der Waals surface area (Å²) in [4.78, 5) is 19.3. The Kier molecular flexibility index (Phi) is 6.36. The molecular weight excluding hydrogens is 330 g/mol. The van der Waals surface area contributed by atoms with Crippen LogP contribution >= 0.6 is 15.9 Å². The molecular formula is C16H24BrN3O. The van der Waals surface area contributed by atoms with E-state index in [0.29, 0.717) is 6.54 Å². The lowest BCUT2D eigenvalue weighted by atomic mass is 10.1. The lowest BCUT2D eigenvalue weighted by molar-refractivity contribution is 0.0844. The van der Waals surface area contributed by atoms with Crippen LogP contribution in [0.15, 0.2) is 28.7 Å². The number of rotatable bonds is 6. The van der Waals surface area contributed by atoms with E-state index in [1.165, 1.54) is 0 Å². The van der Waals surface area contributed by atoms with E-state index in [9.17, 15) is 4.79 Å². The highest BCUT2D eigenvalue weighted by Crippen LogP contribution is 2.17. The number of benzene rings is 1. The van der Waals surface area contributed by atoms with Gasteiger partial charge in [0.15, 0.2) is 5.78 Å². The molecule has 1 heterocycles. The van der Waals surface area contributed by atoms with Crippen LogP contribution in [0, 0.1) is 0 Å². The molecule has 1 aliphatic rings. The molecule has 1 aromatic carbocycles. The van der Waals surface area contributed by atoms with Crippen LogP contribution in [0.3, 0.4) is 0 Å². The van der Waals surface area contributed by atoms with Gasteiger partial charge in [0.25, 0.3) is 0 Å². The molecule has 1 aromatic rings. The van der Waals surface area contributed by atoms with Gasteiger partial charge in [0, 0.05) is 49.3 Å². The molecule has 0 atom stereocenters. The van der Waals surface area contributed by atoms with Crippen LogP contribution in [0.1, 0.15) is 10.4 Å². The van der Waals surface area contributed by atoms with Crippen molar-refractivity contribution in [3.05, 3.63) is 34.3 Å². The van der Waals surface area contributed by atoms with Gasteiger partial charge in [0.1, 0.15) is 0 Å². The lowest BCUT2D eigenvalue weighted by Gasteiger charge is -2.34. The molecule has 116 valence electrons. The number of carbonyl (C=O) groups is 1. The predicted molar refractivity (Wildman–Crippen MR) is 89.9 cm³/mol. The van der Waals surface area contributed by atoms with Crippen molar-refractivity contribution < 1.29 is 4.79 Å². The van der Waals surface area contributed by atoms with Crippen LogP contribution in [-0.4, -0.2) is 80.4 Å². The van der Waals surface area contributed by atoms with E-state index in [2.05, 4.69) is 44.7 Å². The number of piperazine rings is 1. The highest BCUT2D eigenvalue weighted by Gasteiger charge is 2.20. The molecule has 5 heteroatoms. The minimum atomic E-state index is 0.198. The maximum Gasteiger partial charge on any atom is 0.177 e. The van der Waals surface area contributed by atoms with Crippen molar-refractivity contribution in [2.45, 2.75) is 0 Å². The maximum absolute atomic E-state index is 12.3. The average molecular weight is 354 g/mol. The summed E-state index contributed by atoms with van der Waals surface area (Å²) in [5.41, 5.74) is 0.785. The Morgan fingerprint density at radius 1 is 1.14 bits per heavy atom. The zero-order chi connectivity index (χ0) is 15.2. The Balaban J connectivity index is 1.78. The van der Waals surface area contributed by atoms with Gasteiger partial charge >= 0.3 is 0 Å². The van der Waals surface area contributed by atoms with Gasteiger partial charge in [0.2, 0.25) is 0 Å². The summed E-state index contributed by atoms with van der Waals surface area (Å²) in [6.07, 6.45) is 0. The van der Waals surface area contributed by atoms with Crippen molar-refractivity contribution in [1.82, 2.24) is 14.7 Å². The molecule has 0 N–H and O–H groups in total. The highest BCUT2D eigenvalue weighted by atomic mass is 79.9. The molecule has 0 spiro atoms. The molecule has 0 radical (unpaired) electrons. The minimum absolute atomic E-state index is 0.198. The van der Waals surface area contributed by atoms with Crippen LogP contribution < -0.4 is 0 Å². The molecule has 4 nitrogen and oxygen atoms in total. The first-order chi connectivity index (χ1) is 10.1. The van der Waals surface area contributed by atoms with Gasteiger partial charge in [0.05, 0.1) is 6.54 Å². The molecule has 0 unspecified atom stereocenters. The molecule has 1 aliphatic heterocycles. The third-order valence-electron chi connectivity index (χ3n) is 3.87. The van der Waals surface area contributed by atoms with Crippen molar-refractivity contribution >= 4 is 21.7 Å². The van der Waals surface area contributed by atoms with Gasteiger partial charge in [-0.2, -0.15) is 0 Å². The van der Waals surface area contributed by atoms with Crippen LogP contribution in [-0.2, 0) is 0 Å². The number of nitrogens with zero attached hydrogens (tertiary/aromatic N) is 3. The van der Waals surface area contributed by atoms with Gasteiger partial charge < -0.3 is 4.90 Å². The second-order valence-electron chi connectivity index (χ2n) is 5.82. The molecule has 0 aromatic heterocycles. The van der Waals surface area contributed by atoms with Crippen LogP contribution in [0.2, 0.25) is 0 Å². The predicted octanol–water partition coefficient (Wildman–Crippen LogP) is 1.81. The summed E-state index contributed by atoms with van der Waals surface area (Å²) >= 11 is 3.45. The molecule has 0 aliphatic carbocycles. The molecule has 21 heavy (non-hydrogen) atoms. The molecule has 1 fully saturated rings. The fraction of sp³-hybridized carbons (Fsp3) is 0.562. The van der Waals surface area contributed by atoms with Crippen LogP contribution in [0.4, 0.5) is 0 Å². The third-order valence-corrected chi connectivity index (χ3v) is 4.56. The minimum Gasteiger partial charge on any atom is -0.308 e. The number of Topliss-reactive ketones (excluding diaryl/α,β-unsaturated/α-hetero) is 1. The van der Waals surface area contributed by atoms with E-state index in [1.54, 1.807) is 0 Å². The Morgan fingerprint density at radius 3 is 2.38 bits per heavy atom. The molecule has 0 bridgehead atoms. The van der Waals surface area contributed by atoms with E-state index < -0.39 is 0 Å². The summed E-state index contributed by atoms with van der Waals surface area (Å²) in [7, 11) is 4.21. The summed E-state index contributed by atoms with van der Waals surface area (Å²) in [5.74, 6) is 0.198. The molecule has 0 amide bonds. The number of likely N-dealkylation sites (N-methyl/N-ethyl adjacent to an activating group) is 1. The normalized spacial score (nSPS) is 17.3. The summed E-state index contributed by atoms with van der Waals surface area (Å²) < 4.78 is 0.889. The number of hydrogen-bond donors (Lipinski definition) is 0. The Bertz CT molecular complexity index is 470. The quantitative estimate of drug-likeness (QED) is 0.728. The van der Waals surface area contributed by atoms with Crippen LogP contribution in [0.5, 0.6) is 0 Å². The van der Waals surface area contributed by atoms with Gasteiger partial charge in [-0.15, -0.1) is 0 Å². The number of halogens is 1. The monoisotopic (exact) mass is 353 g/mol. The fourth-order valence-electron chi connectivity index (χ4n) is 2.49. The van der Waals surface area contributed by atoms with E-state index in [1.807, 2.05) is 24.3 Å². The van der Waals surface area contributed by atoms with E-state index in [0.717, 1.165) is 49.3 Å². The van der Waals surface area contributed by atoms with Gasteiger partial charge in [-0.3, -0.25) is 14.6 Å². The summed E-state index contributed by atoms with van der Waals surface area (Å²) in [6.45, 7) is 6.78. The van der Waals surface area contributed by atoms with Gasteiger partial charge in [-0.05, 0) is 20.2 Å². The van der Waals surface area contributed by atoms with E-state index in [4.69, 9.17) is 0 Å². The Morgan fingerprint density at radius 2 is 1.76 bits per heavy atom. The van der Waals surface area contributed by atoms with Crippen molar-refractivity contribution in [3.63, 3.8) is 0 Å². The third kappa shape index (κ3) is 5.18. The van der Waals surface area contributed by atoms with Gasteiger partial charge in [-0.1, -0.05) is 34.1 Å². The largest absolute Gasteiger partial charge is 0.308 e. The smallest absolute Gasteiger partial charge is 0.177 e. The summed E-state index contributed by atoms with van der Waals surface area (Å²) in [5, 5.41) is 0. The Labute approximate surface area is 135 Å². The fourth-order valence-corrected chi connectivity index (χ4v) is 2.99. The average Bonchev–Trinajstić information content (AvgIpc) is 2.47. The zero-order valence-electron chi connectivity index (χ0n) is 12.9. The van der Waals surface area contributed by atoms with E-state index >= 15 is 0 Å². The molecule has 1 saturated heterocycles. The Hall–Kier alpha value is -0.750. The number of hydrogen-bond acceptors (Lipinski definition) is 4. The molecule has 2 rings (SSSR count). The first-order valence-corrected chi connectivity index (χ1v) is 8.23. The highest BCUT2D eigenvalue weighted by molar-refractivity contribution is 9.10. The lowest BCUT2D eigenvalue weighted by Crippen LogP contribution is -2.49. The summed E-state index contributed by atoms with van der Waals surface area (Å²) in [6, 6.07) is 7.66. The second-order valence-corrected chi connectivity index (χ2v) is 6.68. The van der Waals surface area contributed by atoms with Crippen LogP contribution in [0.25, 0.3) is 0 Å². The van der Waals surface area contributed by atoms with Crippen molar-refractivity contribution in [2.24, 2.45) is 0 Å². The molecule has 0 saturated carbocycles. The van der Waals surface area contributed by atoms with Crippen molar-refractivity contribution in [1.29, 1.82) is 0 Å². The number of ketones is 1. The zero-order valence-corrected chi connectivity index (χ0v) is 14.5. The van der Waals surface area contributed by atoms with Crippen molar-refractivity contribution in [2.75, 3.05) is 59.9 Å². The van der Waals surface area contributed by atoms with Gasteiger partial charge in [-0.25, -0.2) is 0 Å². The number of carbonyl (C=O) groups excluding carboxylic acids is 1. The topological polar surface area (TPSA) is 26.8 Å². The van der Waals surface area contributed by atoms with Crippen molar-refractivity contribution in [3.8, 4) is 0 Å². The standard InChI is InChI=1S/C16H24BrN3O/c1-18(2)7-8-19-9-11-20(12-10-19)13-16(21)14-5-3-4-6-15(14)17/h3-6H,7-13H2,1-2H3. The second kappa shape index (κ2) is 8.03. The van der Waals surface area contributed by atoms with E-state index in [-0.39, 0.29) is 5.78 Å². The first-order valence-electron chi connectivity index (χ1n) is 7.43. The SMILES string of the molecule is CN(C)CCN1CCN(CC(=O)c2ccccc2Br)CC1. The first kappa shape index (κ1) is 16.6. The maximum atomic E-state index is 12.3.